The van der Waals surface area contributed by atoms with Gasteiger partial charge >= 0.3 is 0 Å². The highest BCUT2D eigenvalue weighted by Crippen LogP contribution is 2.16. The molecule has 1 aliphatic rings. The maximum Gasteiger partial charge on any atom is 0.255 e. The summed E-state index contributed by atoms with van der Waals surface area (Å²) in [4.78, 5) is 17.4. The van der Waals surface area contributed by atoms with E-state index in [1.165, 1.54) is 5.56 Å². The fourth-order valence-electron chi connectivity index (χ4n) is 2.95. The molecular weight excluding hydrogens is 447 g/mol. The van der Waals surface area contributed by atoms with Gasteiger partial charge in [0.05, 0.1) is 6.61 Å². The smallest absolute Gasteiger partial charge is 0.255 e. The third-order valence-corrected chi connectivity index (χ3v) is 4.20. The van der Waals surface area contributed by atoms with Gasteiger partial charge in [0, 0.05) is 39.7 Å². The third-order valence-electron chi connectivity index (χ3n) is 4.20. The van der Waals surface area contributed by atoms with Crippen LogP contribution < -0.4 is 15.8 Å². The minimum Gasteiger partial charge on any atom is -0.484 e. The van der Waals surface area contributed by atoms with Crippen LogP contribution in [0.2, 0.25) is 0 Å². The molecule has 1 amide bonds. The zero-order valence-corrected chi connectivity index (χ0v) is 17.8. The lowest BCUT2D eigenvalue weighted by Gasteiger charge is -2.21. The number of hydrogen-bond donors (Lipinski definition) is 2. The predicted octanol–water partition coefficient (Wildman–Crippen LogP) is 1.25. The number of nitrogens with zero attached hydrogens (tertiary/aromatic N) is 2. The number of carbonyl (C=O) groups is 1. The SMILES string of the molecule is CN=C(NCCc1ccc(OCC(N)=O)cc1)N1CCC(COC)C1.I. The van der Waals surface area contributed by atoms with Crippen molar-refractivity contribution in [2.24, 2.45) is 16.6 Å². The topological polar surface area (TPSA) is 89.2 Å². The van der Waals surface area contributed by atoms with Crippen LogP contribution in [0.15, 0.2) is 29.3 Å². The number of guanidine groups is 1. The molecule has 1 atom stereocenters. The first kappa shape index (κ1) is 22.5. The molecule has 1 heterocycles. The molecule has 0 radical (unpaired) electrons. The van der Waals surface area contributed by atoms with Gasteiger partial charge in [-0.25, -0.2) is 0 Å². The summed E-state index contributed by atoms with van der Waals surface area (Å²) in [6.45, 7) is 3.51. The van der Waals surface area contributed by atoms with E-state index in [0.717, 1.165) is 45.0 Å². The Hall–Kier alpha value is -1.55. The predicted molar refractivity (Wildman–Crippen MR) is 113 cm³/mol. The van der Waals surface area contributed by atoms with Crippen LogP contribution in [0.5, 0.6) is 5.75 Å². The number of aliphatic imine (C=N–C) groups is 1. The monoisotopic (exact) mass is 476 g/mol. The van der Waals surface area contributed by atoms with Crippen molar-refractivity contribution in [1.82, 2.24) is 10.2 Å². The van der Waals surface area contributed by atoms with Crippen molar-refractivity contribution in [1.29, 1.82) is 0 Å². The average Bonchev–Trinajstić information content (AvgIpc) is 3.06. The molecule has 0 saturated carbocycles. The molecule has 26 heavy (non-hydrogen) atoms. The van der Waals surface area contributed by atoms with Gasteiger partial charge in [0.15, 0.2) is 12.6 Å². The maximum atomic E-state index is 10.7. The lowest BCUT2D eigenvalue weighted by molar-refractivity contribution is -0.119. The lowest BCUT2D eigenvalue weighted by Crippen LogP contribution is -2.41. The number of methoxy groups -OCH3 is 1. The number of primary amides is 1. The molecule has 1 unspecified atom stereocenters. The second-order valence-electron chi connectivity index (χ2n) is 6.18. The van der Waals surface area contributed by atoms with Crippen molar-refractivity contribution < 1.29 is 14.3 Å². The van der Waals surface area contributed by atoms with Gasteiger partial charge in [-0.1, -0.05) is 12.1 Å². The van der Waals surface area contributed by atoms with E-state index in [1.54, 1.807) is 7.11 Å². The Morgan fingerprint density at radius 2 is 2.12 bits per heavy atom. The number of nitrogens with one attached hydrogen (secondary N) is 1. The fourth-order valence-corrected chi connectivity index (χ4v) is 2.95. The van der Waals surface area contributed by atoms with E-state index in [-0.39, 0.29) is 30.6 Å². The Balaban J connectivity index is 0.00000338. The molecule has 0 spiro atoms. The van der Waals surface area contributed by atoms with Crippen molar-refractivity contribution in [3.8, 4) is 5.75 Å². The van der Waals surface area contributed by atoms with Crippen molar-refractivity contribution in [3.63, 3.8) is 0 Å². The lowest BCUT2D eigenvalue weighted by atomic mass is 10.1. The highest BCUT2D eigenvalue weighted by molar-refractivity contribution is 14.0. The van der Waals surface area contributed by atoms with Crippen LogP contribution in [-0.2, 0) is 16.0 Å². The molecule has 7 nitrogen and oxygen atoms in total. The van der Waals surface area contributed by atoms with Crippen LogP contribution in [-0.4, -0.2) is 63.8 Å². The highest BCUT2D eigenvalue weighted by Gasteiger charge is 2.24. The summed E-state index contributed by atoms with van der Waals surface area (Å²) in [6, 6.07) is 7.68. The first-order chi connectivity index (χ1) is 12.1. The quantitative estimate of drug-likeness (QED) is 0.335. The van der Waals surface area contributed by atoms with E-state index in [9.17, 15) is 4.79 Å². The zero-order chi connectivity index (χ0) is 18.1. The minimum atomic E-state index is -0.477. The van der Waals surface area contributed by atoms with Gasteiger partial charge in [0.25, 0.3) is 5.91 Å². The fraction of sp³-hybridized carbons (Fsp3) is 0.556. The normalized spacial score (nSPS) is 16.9. The van der Waals surface area contributed by atoms with Gasteiger partial charge in [-0.15, -0.1) is 24.0 Å². The van der Waals surface area contributed by atoms with Crippen LogP contribution in [0, 0.1) is 5.92 Å². The zero-order valence-electron chi connectivity index (χ0n) is 15.4. The Bertz CT molecular complexity index is 580. The van der Waals surface area contributed by atoms with Gasteiger partial charge in [0.1, 0.15) is 5.75 Å². The molecule has 0 aromatic heterocycles. The van der Waals surface area contributed by atoms with E-state index < -0.39 is 5.91 Å². The van der Waals surface area contributed by atoms with Crippen molar-refractivity contribution >= 4 is 35.8 Å². The van der Waals surface area contributed by atoms with Crippen molar-refractivity contribution in [2.45, 2.75) is 12.8 Å². The molecular formula is C18H29IN4O3. The number of likely N-dealkylation sites (tertiary alicyclic amines) is 1. The number of halogens is 1. The summed E-state index contributed by atoms with van der Waals surface area (Å²) >= 11 is 0. The molecule has 1 saturated heterocycles. The summed E-state index contributed by atoms with van der Waals surface area (Å²) in [7, 11) is 3.57. The van der Waals surface area contributed by atoms with Gasteiger partial charge in [-0.3, -0.25) is 9.79 Å². The average molecular weight is 476 g/mol. The Kier molecular flexibility index (Phi) is 10.3. The Labute approximate surface area is 172 Å². The molecule has 0 aliphatic carbocycles. The molecule has 8 heteroatoms. The molecule has 2 rings (SSSR count). The molecule has 1 aromatic rings. The van der Waals surface area contributed by atoms with Crippen LogP contribution in [0.3, 0.4) is 0 Å². The number of rotatable bonds is 8. The van der Waals surface area contributed by atoms with E-state index >= 15 is 0 Å². The Morgan fingerprint density at radius 3 is 2.73 bits per heavy atom. The molecule has 3 N–H and O–H groups in total. The van der Waals surface area contributed by atoms with Crippen molar-refractivity contribution in [3.05, 3.63) is 29.8 Å². The number of ether oxygens (including phenoxy) is 2. The maximum absolute atomic E-state index is 10.7. The number of benzene rings is 1. The van der Waals surface area contributed by atoms with Gasteiger partial charge in [0.2, 0.25) is 0 Å². The largest absolute Gasteiger partial charge is 0.484 e. The van der Waals surface area contributed by atoms with Crippen LogP contribution in [0.1, 0.15) is 12.0 Å². The molecule has 0 bridgehead atoms. The summed E-state index contributed by atoms with van der Waals surface area (Å²) in [6.07, 6.45) is 2.02. The van der Waals surface area contributed by atoms with Crippen LogP contribution >= 0.6 is 24.0 Å². The highest BCUT2D eigenvalue weighted by atomic mass is 127. The van der Waals surface area contributed by atoms with Gasteiger partial charge < -0.3 is 25.4 Å². The molecule has 1 fully saturated rings. The molecule has 1 aromatic carbocycles. The van der Waals surface area contributed by atoms with Gasteiger partial charge in [-0.05, 0) is 30.5 Å². The van der Waals surface area contributed by atoms with E-state index in [1.807, 2.05) is 31.3 Å². The first-order valence-corrected chi connectivity index (χ1v) is 8.57. The van der Waals surface area contributed by atoms with E-state index in [4.69, 9.17) is 15.2 Å². The number of hydrogen-bond acceptors (Lipinski definition) is 4. The summed E-state index contributed by atoms with van der Waals surface area (Å²) in [5, 5.41) is 3.42. The minimum absolute atomic E-state index is 0. The first-order valence-electron chi connectivity index (χ1n) is 8.57. The molecule has 146 valence electrons. The molecule has 1 aliphatic heterocycles. The van der Waals surface area contributed by atoms with Crippen LogP contribution in [0.4, 0.5) is 0 Å². The van der Waals surface area contributed by atoms with Crippen molar-refractivity contribution in [2.75, 3.05) is 47.0 Å². The number of nitrogens with two attached hydrogens (primary N) is 1. The number of amides is 1. The van der Waals surface area contributed by atoms with E-state index in [2.05, 4.69) is 15.2 Å². The standard InChI is InChI=1S/C18H28N4O3.HI/c1-20-18(22-10-8-15(11-22)12-24-2)21-9-7-14-3-5-16(6-4-14)25-13-17(19)23;/h3-6,15H,7-13H2,1-2H3,(H2,19,23)(H,20,21);1H. The Morgan fingerprint density at radius 1 is 1.38 bits per heavy atom. The summed E-state index contributed by atoms with van der Waals surface area (Å²) in [5.41, 5.74) is 6.25. The second kappa shape index (κ2) is 11.9. The van der Waals surface area contributed by atoms with Gasteiger partial charge in [-0.2, -0.15) is 0 Å². The van der Waals surface area contributed by atoms with Crippen LogP contribution in [0.25, 0.3) is 0 Å². The third kappa shape index (κ3) is 7.36. The van der Waals surface area contributed by atoms with E-state index in [0.29, 0.717) is 11.7 Å². The second-order valence-corrected chi connectivity index (χ2v) is 6.18. The summed E-state index contributed by atoms with van der Waals surface area (Å²) < 4.78 is 10.5. The summed E-state index contributed by atoms with van der Waals surface area (Å²) in [5.74, 6) is 1.69. The number of carbonyl (C=O) groups excluding carboxylic acids is 1.